The van der Waals surface area contributed by atoms with Gasteiger partial charge in [-0.15, -0.1) is 11.3 Å². The first-order chi connectivity index (χ1) is 14.4. The standard InChI is InChI=1S/C23H24N2O4S/c1-4-28-19-9-7-17(8-10-19)23(27)29-13-18-14-30-22(24-18)12-21(26)25-20-11-15(2)5-6-16(20)3/h5-11,14H,4,12-13H2,1-3H3,(H,25,26). The quantitative estimate of drug-likeness (QED) is 0.531. The summed E-state index contributed by atoms with van der Waals surface area (Å²) in [6, 6.07) is 12.7. The van der Waals surface area contributed by atoms with Crippen LogP contribution in [0.5, 0.6) is 5.75 Å². The van der Waals surface area contributed by atoms with Crippen LogP contribution in [-0.2, 0) is 22.6 Å². The van der Waals surface area contributed by atoms with Crippen LogP contribution in [0.15, 0.2) is 47.8 Å². The molecule has 6 nitrogen and oxygen atoms in total. The van der Waals surface area contributed by atoms with Crippen molar-refractivity contribution in [3.05, 3.63) is 75.2 Å². The number of aromatic nitrogens is 1. The summed E-state index contributed by atoms with van der Waals surface area (Å²) in [7, 11) is 0. The second-order valence-corrected chi connectivity index (χ2v) is 7.75. The van der Waals surface area contributed by atoms with Crippen molar-refractivity contribution in [2.75, 3.05) is 11.9 Å². The number of ether oxygens (including phenoxy) is 2. The van der Waals surface area contributed by atoms with Gasteiger partial charge in [-0.05, 0) is 62.2 Å². The molecule has 1 amide bonds. The van der Waals surface area contributed by atoms with Gasteiger partial charge < -0.3 is 14.8 Å². The summed E-state index contributed by atoms with van der Waals surface area (Å²) in [6.45, 7) is 6.46. The first kappa shape index (κ1) is 21.5. The van der Waals surface area contributed by atoms with Crippen LogP contribution in [0.3, 0.4) is 0 Å². The summed E-state index contributed by atoms with van der Waals surface area (Å²) in [5, 5.41) is 5.39. The Labute approximate surface area is 179 Å². The molecule has 0 fully saturated rings. The van der Waals surface area contributed by atoms with Gasteiger partial charge in [-0.3, -0.25) is 4.79 Å². The Balaban J connectivity index is 1.51. The van der Waals surface area contributed by atoms with Gasteiger partial charge in [0, 0.05) is 11.1 Å². The van der Waals surface area contributed by atoms with Crippen molar-refractivity contribution in [2.45, 2.75) is 33.8 Å². The second-order valence-electron chi connectivity index (χ2n) is 6.81. The van der Waals surface area contributed by atoms with Crippen molar-refractivity contribution >= 4 is 28.9 Å². The molecule has 1 heterocycles. The molecule has 0 radical (unpaired) electrons. The molecule has 30 heavy (non-hydrogen) atoms. The van der Waals surface area contributed by atoms with Gasteiger partial charge in [-0.25, -0.2) is 9.78 Å². The maximum absolute atomic E-state index is 12.3. The topological polar surface area (TPSA) is 77.5 Å². The monoisotopic (exact) mass is 424 g/mol. The third-order valence-electron chi connectivity index (χ3n) is 4.33. The second kappa shape index (κ2) is 10.0. The Morgan fingerprint density at radius 3 is 2.60 bits per heavy atom. The molecular formula is C23H24N2O4S. The minimum atomic E-state index is -0.430. The highest BCUT2D eigenvalue weighted by atomic mass is 32.1. The lowest BCUT2D eigenvalue weighted by Crippen LogP contribution is -2.15. The van der Waals surface area contributed by atoms with Gasteiger partial charge >= 0.3 is 5.97 Å². The maximum atomic E-state index is 12.3. The van der Waals surface area contributed by atoms with Gasteiger partial charge in [0.1, 0.15) is 17.4 Å². The number of amides is 1. The third kappa shape index (κ3) is 5.90. The molecule has 3 rings (SSSR count). The molecule has 156 valence electrons. The number of nitrogens with one attached hydrogen (secondary N) is 1. The highest BCUT2D eigenvalue weighted by Crippen LogP contribution is 2.18. The van der Waals surface area contributed by atoms with E-state index < -0.39 is 5.97 Å². The van der Waals surface area contributed by atoms with E-state index in [9.17, 15) is 9.59 Å². The largest absolute Gasteiger partial charge is 0.494 e. The van der Waals surface area contributed by atoms with Gasteiger partial charge in [-0.2, -0.15) is 0 Å². The van der Waals surface area contributed by atoms with Crippen molar-refractivity contribution in [2.24, 2.45) is 0 Å². The van der Waals surface area contributed by atoms with Crippen LogP contribution >= 0.6 is 11.3 Å². The molecule has 0 bridgehead atoms. The Hall–Kier alpha value is -3.19. The number of carbonyl (C=O) groups excluding carboxylic acids is 2. The molecule has 0 saturated heterocycles. The number of rotatable bonds is 8. The van der Waals surface area contributed by atoms with E-state index in [2.05, 4.69) is 10.3 Å². The van der Waals surface area contributed by atoms with E-state index in [4.69, 9.17) is 9.47 Å². The smallest absolute Gasteiger partial charge is 0.338 e. The van der Waals surface area contributed by atoms with Gasteiger partial charge in [0.15, 0.2) is 0 Å². The van der Waals surface area contributed by atoms with Gasteiger partial charge in [0.25, 0.3) is 0 Å². The minimum absolute atomic E-state index is 0.0567. The Kier molecular flexibility index (Phi) is 7.19. The summed E-state index contributed by atoms with van der Waals surface area (Å²) in [5.74, 6) is 0.147. The number of anilines is 1. The highest BCUT2D eigenvalue weighted by Gasteiger charge is 2.12. The molecule has 0 unspecified atom stereocenters. The van der Waals surface area contributed by atoms with Crippen molar-refractivity contribution in [1.29, 1.82) is 0 Å². The normalized spacial score (nSPS) is 10.5. The lowest BCUT2D eigenvalue weighted by molar-refractivity contribution is -0.115. The van der Waals surface area contributed by atoms with Gasteiger partial charge in [-0.1, -0.05) is 12.1 Å². The number of aryl methyl sites for hydroxylation is 2. The predicted octanol–water partition coefficient (Wildman–Crippen LogP) is 4.70. The number of carbonyl (C=O) groups is 2. The molecule has 1 aromatic heterocycles. The average Bonchev–Trinajstić information content (AvgIpc) is 3.17. The highest BCUT2D eigenvalue weighted by molar-refractivity contribution is 7.09. The summed E-state index contributed by atoms with van der Waals surface area (Å²) in [6.07, 6.45) is 0.172. The third-order valence-corrected chi connectivity index (χ3v) is 5.23. The number of benzene rings is 2. The van der Waals surface area contributed by atoms with E-state index in [-0.39, 0.29) is 18.9 Å². The Bertz CT molecular complexity index is 1030. The fourth-order valence-corrected chi connectivity index (χ4v) is 3.55. The molecular weight excluding hydrogens is 400 g/mol. The lowest BCUT2D eigenvalue weighted by atomic mass is 10.1. The van der Waals surface area contributed by atoms with Crippen LogP contribution in [0.1, 0.15) is 39.1 Å². The van der Waals surface area contributed by atoms with E-state index in [1.54, 1.807) is 29.6 Å². The molecule has 0 atom stereocenters. The molecule has 0 aliphatic rings. The van der Waals surface area contributed by atoms with E-state index in [1.807, 2.05) is 39.0 Å². The fourth-order valence-electron chi connectivity index (χ4n) is 2.78. The number of hydrogen-bond acceptors (Lipinski definition) is 6. The summed E-state index contributed by atoms with van der Waals surface area (Å²) in [4.78, 5) is 28.9. The molecule has 1 N–H and O–H groups in total. The molecule has 0 aliphatic heterocycles. The first-order valence-electron chi connectivity index (χ1n) is 9.65. The minimum Gasteiger partial charge on any atom is -0.494 e. The van der Waals surface area contributed by atoms with E-state index >= 15 is 0 Å². The van der Waals surface area contributed by atoms with Gasteiger partial charge in [0.05, 0.1) is 24.3 Å². The molecule has 0 saturated carbocycles. The molecule has 0 aliphatic carbocycles. The van der Waals surface area contributed by atoms with E-state index in [0.29, 0.717) is 28.6 Å². The van der Waals surface area contributed by atoms with Crippen LogP contribution < -0.4 is 10.1 Å². The number of nitrogens with zero attached hydrogens (tertiary/aromatic N) is 1. The molecule has 7 heteroatoms. The zero-order valence-electron chi connectivity index (χ0n) is 17.2. The van der Waals surface area contributed by atoms with Crippen molar-refractivity contribution < 1.29 is 19.1 Å². The summed E-state index contributed by atoms with van der Waals surface area (Å²) in [5.41, 5.74) is 3.97. The maximum Gasteiger partial charge on any atom is 0.338 e. The van der Waals surface area contributed by atoms with Crippen LogP contribution in [-0.4, -0.2) is 23.5 Å². The molecule has 0 spiro atoms. The van der Waals surface area contributed by atoms with Crippen molar-refractivity contribution in [3.63, 3.8) is 0 Å². The van der Waals surface area contributed by atoms with Crippen LogP contribution in [0.25, 0.3) is 0 Å². The zero-order chi connectivity index (χ0) is 21.5. The lowest BCUT2D eigenvalue weighted by Gasteiger charge is -2.08. The molecule has 3 aromatic rings. The Morgan fingerprint density at radius 1 is 1.10 bits per heavy atom. The predicted molar refractivity (Wildman–Crippen MR) is 117 cm³/mol. The summed E-state index contributed by atoms with van der Waals surface area (Å²) < 4.78 is 10.7. The Morgan fingerprint density at radius 2 is 1.87 bits per heavy atom. The van der Waals surface area contributed by atoms with E-state index in [1.165, 1.54) is 11.3 Å². The van der Waals surface area contributed by atoms with Crippen molar-refractivity contribution in [3.8, 4) is 5.75 Å². The number of thiazole rings is 1. The van der Waals surface area contributed by atoms with Crippen LogP contribution in [0.2, 0.25) is 0 Å². The first-order valence-corrected chi connectivity index (χ1v) is 10.5. The number of hydrogen-bond donors (Lipinski definition) is 1. The van der Waals surface area contributed by atoms with Crippen molar-refractivity contribution in [1.82, 2.24) is 4.98 Å². The van der Waals surface area contributed by atoms with Crippen LogP contribution in [0, 0.1) is 13.8 Å². The number of esters is 1. The molecule has 2 aromatic carbocycles. The van der Waals surface area contributed by atoms with Gasteiger partial charge in [0.2, 0.25) is 5.91 Å². The average molecular weight is 425 g/mol. The SMILES string of the molecule is CCOc1ccc(C(=O)OCc2csc(CC(=O)Nc3cc(C)ccc3C)n2)cc1. The fraction of sp³-hybridized carbons (Fsp3) is 0.261. The van der Waals surface area contributed by atoms with Crippen LogP contribution in [0.4, 0.5) is 5.69 Å². The van der Waals surface area contributed by atoms with E-state index in [0.717, 1.165) is 16.8 Å². The summed E-state index contributed by atoms with van der Waals surface area (Å²) >= 11 is 1.37. The zero-order valence-corrected chi connectivity index (χ0v) is 18.0.